The van der Waals surface area contributed by atoms with Crippen molar-refractivity contribution in [3.05, 3.63) is 27.7 Å². The van der Waals surface area contributed by atoms with Crippen LogP contribution >= 0.6 is 23.6 Å². The lowest BCUT2D eigenvalue weighted by atomic mass is 10.2. The highest BCUT2D eigenvalue weighted by atomic mass is 32.1. The van der Waals surface area contributed by atoms with Gasteiger partial charge in [-0.05, 0) is 56.5 Å². The highest BCUT2D eigenvalue weighted by Crippen LogP contribution is 2.22. The summed E-state index contributed by atoms with van der Waals surface area (Å²) < 4.78 is 6.19. The van der Waals surface area contributed by atoms with Crippen molar-refractivity contribution in [1.82, 2.24) is 51.2 Å². The fourth-order valence-electron chi connectivity index (χ4n) is 3.21. The molecule has 0 radical (unpaired) electrons. The molecule has 0 atom stereocenters. The quantitative estimate of drug-likeness (QED) is 0.199. The summed E-state index contributed by atoms with van der Waals surface area (Å²) in [6, 6.07) is 3.67. The standard InChI is InChI=1S/C18H23N11O2S2/c30-18(31-11-5-1-2-6-13-21-25-26-22-13)29(10-4-3-7-14-23-27-28-24-14)15-9-8-12-16(20-15)33-17(32)19-12/h8-9H,1-7,10-11H2,(H,19,32)(H,21,22,25,26)(H,23,24,27,28). The third kappa shape index (κ3) is 6.58. The van der Waals surface area contributed by atoms with Gasteiger partial charge < -0.3 is 9.72 Å². The van der Waals surface area contributed by atoms with Gasteiger partial charge in [-0.3, -0.25) is 4.90 Å². The molecule has 0 unspecified atom stereocenters. The molecule has 1 amide bonds. The first-order valence-electron chi connectivity index (χ1n) is 10.6. The van der Waals surface area contributed by atoms with Crippen molar-refractivity contribution in [2.24, 2.45) is 0 Å². The molecule has 0 spiro atoms. The van der Waals surface area contributed by atoms with E-state index >= 15 is 0 Å². The lowest BCUT2D eigenvalue weighted by molar-refractivity contribution is 0.151. The van der Waals surface area contributed by atoms with Crippen molar-refractivity contribution >= 4 is 45.8 Å². The summed E-state index contributed by atoms with van der Waals surface area (Å²) in [6.07, 6.45) is 5.06. The molecule has 4 heterocycles. The second-order valence-corrected chi connectivity index (χ2v) is 8.89. The second kappa shape index (κ2) is 11.5. The topological polar surface area (TPSA) is 167 Å². The van der Waals surface area contributed by atoms with Crippen LogP contribution in [0.25, 0.3) is 10.3 Å². The maximum absolute atomic E-state index is 12.9. The number of amides is 1. The van der Waals surface area contributed by atoms with Crippen LogP contribution in [0.3, 0.4) is 0 Å². The number of aryl methyl sites for hydroxylation is 2. The average Bonchev–Trinajstić information content (AvgIpc) is 3.57. The van der Waals surface area contributed by atoms with E-state index in [0.717, 1.165) is 48.9 Å². The smallest absolute Gasteiger partial charge is 0.415 e. The van der Waals surface area contributed by atoms with E-state index in [1.807, 2.05) is 6.07 Å². The molecule has 13 nitrogen and oxygen atoms in total. The fraction of sp³-hybridized carbons (Fsp3) is 0.500. The largest absolute Gasteiger partial charge is 0.449 e. The molecule has 4 rings (SSSR count). The number of anilines is 1. The van der Waals surface area contributed by atoms with Crippen molar-refractivity contribution in [3.63, 3.8) is 0 Å². The van der Waals surface area contributed by atoms with E-state index in [1.165, 1.54) is 11.3 Å². The van der Waals surface area contributed by atoms with Crippen LogP contribution in [0.2, 0.25) is 0 Å². The van der Waals surface area contributed by atoms with Gasteiger partial charge in [-0.15, -0.1) is 20.4 Å². The zero-order chi connectivity index (χ0) is 22.9. The summed E-state index contributed by atoms with van der Waals surface area (Å²) >= 11 is 6.57. The molecule has 4 aromatic heterocycles. The van der Waals surface area contributed by atoms with E-state index in [-0.39, 0.29) is 0 Å². The Labute approximate surface area is 197 Å². The maximum atomic E-state index is 12.9. The van der Waals surface area contributed by atoms with Crippen molar-refractivity contribution in [2.45, 2.75) is 44.9 Å². The minimum absolute atomic E-state index is 0.329. The molecule has 0 fully saturated rings. The van der Waals surface area contributed by atoms with Gasteiger partial charge in [0, 0.05) is 19.4 Å². The number of H-pyrrole nitrogens is 3. The molecule has 0 aliphatic carbocycles. The number of aromatic amines is 3. The zero-order valence-corrected chi connectivity index (χ0v) is 19.4. The van der Waals surface area contributed by atoms with Crippen LogP contribution in [0.15, 0.2) is 12.1 Å². The summed E-state index contributed by atoms with van der Waals surface area (Å²) in [6.45, 7) is 0.790. The summed E-state index contributed by atoms with van der Waals surface area (Å²) in [5.41, 5.74) is 0.848. The number of unbranched alkanes of at least 4 members (excludes halogenated alkanes) is 3. The van der Waals surface area contributed by atoms with E-state index < -0.39 is 6.09 Å². The van der Waals surface area contributed by atoms with E-state index in [2.05, 4.69) is 51.2 Å². The molecule has 174 valence electrons. The number of ether oxygens (including phenoxy) is 1. The van der Waals surface area contributed by atoms with Crippen molar-refractivity contribution < 1.29 is 9.53 Å². The Kier molecular flexibility index (Phi) is 7.97. The molecule has 0 saturated carbocycles. The Morgan fingerprint density at radius 1 is 1.00 bits per heavy atom. The van der Waals surface area contributed by atoms with E-state index in [0.29, 0.717) is 41.0 Å². The maximum Gasteiger partial charge on any atom is 0.415 e. The van der Waals surface area contributed by atoms with Gasteiger partial charge in [0.05, 0.1) is 12.1 Å². The van der Waals surface area contributed by atoms with E-state index in [9.17, 15) is 4.79 Å². The summed E-state index contributed by atoms with van der Waals surface area (Å²) in [5, 5.41) is 27.7. The Hall–Kier alpha value is -3.33. The average molecular weight is 490 g/mol. The molecular weight excluding hydrogens is 466 g/mol. The summed E-state index contributed by atoms with van der Waals surface area (Å²) in [7, 11) is 0. The zero-order valence-electron chi connectivity index (χ0n) is 17.7. The van der Waals surface area contributed by atoms with Crippen LogP contribution in [0.4, 0.5) is 10.6 Å². The first kappa shape index (κ1) is 22.8. The van der Waals surface area contributed by atoms with E-state index in [1.54, 1.807) is 11.0 Å². The number of nitrogens with zero attached hydrogens (tertiary/aromatic N) is 8. The molecular formula is C18H23N11O2S2. The third-order valence-corrected chi connectivity index (χ3v) is 5.99. The molecule has 15 heteroatoms. The first-order valence-corrected chi connectivity index (χ1v) is 11.8. The summed E-state index contributed by atoms with van der Waals surface area (Å²) in [5.74, 6) is 1.87. The molecule has 0 saturated heterocycles. The number of nitrogens with one attached hydrogen (secondary N) is 3. The van der Waals surface area contributed by atoms with Gasteiger partial charge in [-0.25, -0.2) is 9.78 Å². The van der Waals surface area contributed by atoms with Crippen LogP contribution in [0.1, 0.15) is 43.8 Å². The van der Waals surface area contributed by atoms with Crippen LogP contribution < -0.4 is 4.90 Å². The minimum Gasteiger partial charge on any atom is -0.449 e. The Morgan fingerprint density at radius 3 is 2.42 bits per heavy atom. The molecule has 3 N–H and O–H groups in total. The molecule has 0 aliphatic heterocycles. The second-order valence-electron chi connectivity index (χ2n) is 7.23. The molecule has 4 aromatic rings. The minimum atomic E-state index is -0.418. The molecule has 0 bridgehead atoms. The Balaban J connectivity index is 1.31. The van der Waals surface area contributed by atoms with Crippen LogP contribution in [0, 0.1) is 3.95 Å². The van der Waals surface area contributed by atoms with Crippen molar-refractivity contribution in [2.75, 3.05) is 18.1 Å². The molecule has 0 aromatic carbocycles. The monoisotopic (exact) mass is 489 g/mol. The number of rotatable bonds is 12. The Bertz CT molecular complexity index is 1190. The van der Waals surface area contributed by atoms with Gasteiger partial charge in [0.15, 0.2) is 15.6 Å². The highest BCUT2D eigenvalue weighted by molar-refractivity contribution is 7.73. The van der Waals surface area contributed by atoms with E-state index in [4.69, 9.17) is 17.0 Å². The van der Waals surface area contributed by atoms with Gasteiger partial charge in [-0.2, -0.15) is 10.4 Å². The fourth-order valence-corrected chi connectivity index (χ4v) is 4.26. The van der Waals surface area contributed by atoms with Gasteiger partial charge in [0.2, 0.25) is 0 Å². The number of thiazole rings is 1. The van der Waals surface area contributed by atoms with Crippen LogP contribution in [0.5, 0.6) is 0 Å². The van der Waals surface area contributed by atoms with Crippen LogP contribution in [-0.4, -0.2) is 70.5 Å². The Morgan fingerprint density at radius 2 is 1.73 bits per heavy atom. The molecule has 33 heavy (non-hydrogen) atoms. The number of hydrogen-bond acceptors (Lipinski definition) is 11. The number of tetrazole rings is 2. The van der Waals surface area contributed by atoms with Crippen molar-refractivity contribution in [1.29, 1.82) is 0 Å². The number of carbonyl (C=O) groups is 1. The predicted molar refractivity (Wildman–Crippen MR) is 122 cm³/mol. The normalized spacial score (nSPS) is 11.2. The van der Waals surface area contributed by atoms with Crippen LogP contribution in [-0.2, 0) is 17.6 Å². The number of fused-ring (bicyclic) bond motifs is 1. The first-order chi connectivity index (χ1) is 16.2. The van der Waals surface area contributed by atoms with Gasteiger partial charge in [0.25, 0.3) is 0 Å². The van der Waals surface area contributed by atoms with Gasteiger partial charge >= 0.3 is 6.09 Å². The van der Waals surface area contributed by atoms with Crippen molar-refractivity contribution in [3.8, 4) is 0 Å². The lowest BCUT2D eigenvalue weighted by Crippen LogP contribution is -2.33. The lowest BCUT2D eigenvalue weighted by Gasteiger charge is -2.21. The van der Waals surface area contributed by atoms with Gasteiger partial charge in [-0.1, -0.05) is 21.8 Å². The molecule has 0 aliphatic rings. The SMILES string of the molecule is O=C(OCCCCCc1nn[nH]n1)N(CCCCc1nn[nH]n1)c1ccc2[nH]c(=S)sc2n1. The van der Waals surface area contributed by atoms with Gasteiger partial charge in [0.1, 0.15) is 10.6 Å². The predicted octanol–water partition coefficient (Wildman–Crippen LogP) is 2.76. The highest BCUT2D eigenvalue weighted by Gasteiger charge is 2.19. The third-order valence-electron chi connectivity index (χ3n) is 4.85. The number of pyridine rings is 1. The number of carbonyl (C=O) groups excluding carboxylic acids is 1. The number of hydrogen-bond donors (Lipinski definition) is 3. The summed E-state index contributed by atoms with van der Waals surface area (Å²) in [4.78, 5) is 22.9. The number of aromatic nitrogens is 10.